The second-order valence-corrected chi connectivity index (χ2v) is 3.22. The molecule has 0 aliphatic rings. The van der Waals surface area contributed by atoms with Crippen LogP contribution in [0.1, 0.15) is 12.5 Å². The number of nitrogens with two attached hydrogens (primary N) is 1. The van der Waals surface area contributed by atoms with Crippen molar-refractivity contribution in [3.63, 3.8) is 0 Å². The second kappa shape index (κ2) is 4.84. The molecule has 0 radical (unpaired) electrons. The Bertz CT molecular complexity index is 261. The lowest BCUT2D eigenvalue weighted by molar-refractivity contribution is 0.191. The predicted molar refractivity (Wildman–Crippen MR) is 54.2 cm³/mol. The van der Waals surface area contributed by atoms with Crippen molar-refractivity contribution >= 4 is 5.69 Å². The highest BCUT2D eigenvalue weighted by Crippen LogP contribution is 2.05. The summed E-state index contributed by atoms with van der Waals surface area (Å²) in [5.41, 5.74) is 7.53. The normalized spacial score (nSPS) is 12.8. The van der Waals surface area contributed by atoms with E-state index in [1.807, 2.05) is 24.3 Å². The lowest BCUT2D eigenvalue weighted by Crippen LogP contribution is -2.23. The molecule has 1 unspecified atom stereocenters. The smallest absolute Gasteiger partial charge is 0.0636 e. The van der Waals surface area contributed by atoms with Gasteiger partial charge in [0.25, 0.3) is 0 Å². The molecule has 4 N–H and O–H groups in total. The van der Waals surface area contributed by atoms with Crippen molar-refractivity contribution < 1.29 is 5.11 Å². The molecule has 0 aliphatic heterocycles. The zero-order valence-corrected chi connectivity index (χ0v) is 7.83. The molecule has 0 bridgehead atoms. The van der Waals surface area contributed by atoms with Gasteiger partial charge in [0.05, 0.1) is 6.10 Å². The van der Waals surface area contributed by atoms with Gasteiger partial charge in [-0.2, -0.15) is 0 Å². The molecule has 0 aromatic heterocycles. The van der Waals surface area contributed by atoms with Crippen LogP contribution in [0.2, 0.25) is 0 Å². The van der Waals surface area contributed by atoms with Crippen molar-refractivity contribution in [3.8, 4) is 0 Å². The molecule has 0 amide bonds. The third kappa shape index (κ3) is 3.92. The number of nitrogen functional groups attached to an aromatic ring is 1. The van der Waals surface area contributed by atoms with E-state index in [4.69, 9.17) is 10.8 Å². The Morgan fingerprint density at radius 2 is 2.31 bits per heavy atom. The first-order valence-electron chi connectivity index (χ1n) is 4.41. The zero-order chi connectivity index (χ0) is 9.68. The molecule has 3 nitrogen and oxygen atoms in total. The van der Waals surface area contributed by atoms with Gasteiger partial charge in [-0.3, -0.25) is 0 Å². The van der Waals surface area contributed by atoms with Crippen LogP contribution in [0, 0.1) is 0 Å². The first-order chi connectivity index (χ1) is 6.18. The molecule has 0 aliphatic carbocycles. The van der Waals surface area contributed by atoms with Crippen molar-refractivity contribution in [2.24, 2.45) is 0 Å². The van der Waals surface area contributed by atoms with E-state index < -0.39 is 0 Å². The number of rotatable bonds is 4. The minimum Gasteiger partial charge on any atom is -0.399 e. The van der Waals surface area contributed by atoms with Gasteiger partial charge in [0.2, 0.25) is 0 Å². The van der Waals surface area contributed by atoms with Crippen LogP contribution in [-0.2, 0) is 6.54 Å². The summed E-state index contributed by atoms with van der Waals surface area (Å²) in [7, 11) is 0. The molecule has 1 atom stereocenters. The fourth-order valence-corrected chi connectivity index (χ4v) is 1.13. The summed E-state index contributed by atoms with van der Waals surface area (Å²) in [5.74, 6) is 0. The summed E-state index contributed by atoms with van der Waals surface area (Å²) in [4.78, 5) is 0. The first-order valence-corrected chi connectivity index (χ1v) is 4.41. The molecule has 0 spiro atoms. The number of hydrogen-bond acceptors (Lipinski definition) is 3. The van der Waals surface area contributed by atoms with Crippen molar-refractivity contribution in [1.29, 1.82) is 0 Å². The Morgan fingerprint density at radius 3 is 2.92 bits per heavy atom. The zero-order valence-electron chi connectivity index (χ0n) is 7.83. The first kappa shape index (κ1) is 10.0. The highest BCUT2D eigenvalue weighted by atomic mass is 16.3. The van der Waals surface area contributed by atoms with Crippen molar-refractivity contribution in [2.45, 2.75) is 19.6 Å². The van der Waals surface area contributed by atoms with E-state index in [1.165, 1.54) is 0 Å². The summed E-state index contributed by atoms with van der Waals surface area (Å²) in [6.45, 7) is 3.11. The molecule has 0 heterocycles. The number of benzene rings is 1. The quantitative estimate of drug-likeness (QED) is 0.599. The average Bonchev–Trinajstić information content (AvgIpc) is 2.03. The molecule has 0 fully saturated rings. The second-order valence-electron chi connectivity index (χ2n) is 3.22. The summed E-state index contributed by atoms with van der Waals surface area (Å²) < 4.78 is 0. The van der Waals surface area contributed by atoms with E-state index in [0.29, 0.717) is 6.54 Å². The third-order valence-corrected chi connectivity index (χ3v) is 1.72. The molecule has 3 heteroatoms. The van der Waals surface area contributed by atoms with Crippen LogP contribution in [0.3, 0.4) is 0 Å². The Morgan fingerprint density at radius 1 is 1.54 bits per heavy atom. The van der Waals surface area contributed by atoms with E-state index in [1.54, 1.807) is 6.92 Å². The Labute approximate surface area is 78.6 Å². The van der Waals surface area contributed by atoms with Crippen LogP contribution in [0.4, 0.5) is 5.69 Å². The summed E-state index contributed by atoms with van der Waals surface area (Å²) in [6, 6.07) is 7.72. The van der Waals surface area contributed by atoms with Gasteiger partial charge in [0.15, 0.2) is 0 Å². The topological polar surface area (TPSA) is 58.3 Å². The molecule has 0 saturated heterocycles. The lowest BCUT2D eigenvalue weighted by atomic mass is 10.2. The van der Waals surface area contributed by atoms with Crippen molar-refractivity contribution in [2.75, 3.05) is 12.3 Å². The lowest BCUT2D eigenvalue weighted by Gasteiger charge is -2.06. The largest absolute Gasteiger partial charge is 0.399 e. The van der Waals surface area contributed by atoms with E-state index in [9.17, 15) is 0 Å². The number of hydrogen-bond donors (Lipinski definition) is 3. The van der Waals surface area contributed by atoms with Gasteiger partial charge in [0.1, 0.15) is 0 Å². The van der Waals surface area contributed by atoms with Gasteiger partial charge < -0.3 is 16.2 Å². The molecule has 72 valence electrons. The van der Waals surface area contributed by atoms with Crippen LogP contribution in [0.5, 0.6) is 0 Å². The fraction of sp³-hybridized carbons (Fsp3) is 0.400. The van der Waals surface area contributed by atoms with Gasteiger partial charge >= 0.3 is 0 Å². The molecular weight excluding hydrogens is 164 g/mol. The maximum Gasteiger partial charge on any atom is 0.0636 e. The number of aliphatic hydroxyl groups excluding tert-OH is 1. The molecule has 1 rings (SSSR count). The molecule has 1 aromatic carbocycles. The Hall–Kier alpha value is -1.06. The summed E-state index contributed by atoms with van der Waals surface area (Å²) in [5, 5.41) is 12.1. The molecular formula is C10H16N2O. The fourth-order valence-electron chi connectivity index (χ4n) is 1.13. The Kier molecular flexibility index (Phi) is 3.73. The van der Waals surface area contributed by atoms with Crippen LogP contribution < -0.4 is 11.1 Å². The maximum atomic E-state index is 9.00. The summed E-state index contributed by atoms with van der Waals surface area (Å²) >= 11 is 0. The number of nitrogens with one attached hydrogen (secondary N) is 1. The SMILES string of the molecule is CC(O)CNCc1cccc(N)c1. The number of aliphatic hydroxyl groups is 1. The average molecular weight is 180 g/mol. The molecule has 13 heavy (non-hydrogen) atoms. The molecule has 1 aromatic rings. The van der Waals surface area contributed by atoms with Gasteiger partial charge in [-0.05, 0) is 24.6 Å². The van der Waals surface area contributed by atoms with Gasteiger partial charge in [-0.1, -0.05) is 12.1 Å². The highest BCUT2D eigenvalue weighted by molar-refractivity contribution is 5.40. The predicted octanol–water partition coefficient (Wildman–Crippen LogP) is 0.739. The van der Waals surface area contributed by atoms with E-state index in [-0.39, 0.29) is 6.10 Å². The van der Waals surface area contributed by atoms with Crippen LogP contribution in [-0.4, -0.2) is 17.8 Å². The van der Waals surface area contributed by atoms with Crippen LogP contribution in [0.25, 0.3) is 0 Å². The molecule has 0 saturated carbocycles. The van der Waals surface area contributed by atoms with Crippen LogP contribution in [0.15, 0.2) is 24.3 Å². The van der Waals surface area contributed by atoms with E-state index in [0.717, 1.165) is 17.8 Å². The standard InChI is InChI=1S/C10H16N2O/c1-8(13)6-12-7-9-3-2-4-10(11)5-9/h2-5,8,12-13H,6-7,11H2,1H3. The number of anilines is 1. The third-order valence-electron chi connectivity index (χ3n) is 1.72. The van der Waals surface area contributed by atoms with Crippen LogP contribution >= 0.6 is 0 Å². The summed E-state index contributed by atoms with van der Waals surface area (Å²) in [6.07, 6.45) is -0.305. The minimum atomic E-state index is -0.305. The van der Waals surface area contributed by atoms with E-state index >= 15 is 0 Å². The van der Waals surface area contributed by atoms with Crippen molar-refractivity contribution in [3.05, 3.63) is 29.8 Å². The van der Waals surface area contributed by atoms with Gasteiger partial charge in [-0.15, -0.1) is 0 Å². The Balaban J connectivity index is 2.37. The van der Waals surface area contributed by atoms with E-state index in [2.05, 4.69) is 5.32 Å². The highest BCUT2D eigenvalue weighted by Gasteiger charge is 1.95. The monoisotopic (exact) mass is 180 g/mol. The maximum absolute atomic E-state index is 9.00. The van der Waals surface area contributed by atoms with Gasteiger partial charge in [-0.25, -0.2) is 0 Å². The minimum absolute atomic E-state index is 0.305. The van der Waals surface area contributed by atoms with Gasteiger partial charge in [0, 0.05) is 18.8 Å². The van der Waals surface area contributed by atoms with Crippen molar-refractivity contribution in [1.82, 2.24) is 5.32 Å².